The highest BCUT2D eigenvalue weighted by Gasteiger charge is 2.15. The summed E-state index contributed by atoms with van der Waals surface area (Å²) in [5.41, 5.74) is 5.97. The van der Waals surface area contributed by atoms with E-state index in [0.29, 0.717) is 6.61 Å². The van der Waals surface area contributed by atoms with E-state index >= 15 is 0 Å². The minimum absolute atomic E-state index is 0.0400. The molecule has 2 unspecified atom stereocenters. The first kappa shape index (κ1) is 14.5. The van der Waals surface area contributed by atoms with Crippen molar-refractivity contribution in [1.82, 2.24) is 5.32 Å². The number of carbonyl (C=O) groups excluding carboxylic acids is 1. The standard InChI is InChI=1S/C13H20N2O3/c1-3-18-12-7-5-4-6-10(12)9(2)15-8-11(16)13(14)17/h4-7,9,11,15-16H,3,8H2,1-2H3,(H2,14,17). The predicted octanol–water partition coefficient (Wildman–Crippen LogP) is 0.582. The average molecular weight is 252 g/mol. The number of hydrogen-bond donors (Lipinski definition) is 3. The lowest BCUT2D eigenvalue weighted by Gasteiger charge is -2.19. The third-order valence-corrected chi connectivity index (χ3v) is 2.63. The molecule has 1 aromatic rings. The number of amides is 1. The summed E-state index contributed by atoms with van der Waals surface area (Å²) in [7, 11) is 0. The normalized spacial score (nSPS) is 13.9. The van der Waals surface area contributed by atoms with Crippen LogP contribution in [0, 0.1) is 0 Å². The Bertz CT molecular complexity index is 396. The Labute approximate surface area is 107 Å². The fourth-order valence-corrected chi connectivity index (χ4v) is 1.62. The molecule has 2 atom stereocenters. The van der Waals surface area contributed by atoms with E-state index in [0.717, 1.165) is 11.3 Å². The van der Waals surface area contributed by atoms with Crippen LogP contribution in [0.4, 0.5) is 0 Å². The zero-order valence-corrected chi connectivity index (χ0v) is 10.7. The number of nitrogens with one attached hydrogen (secondary N) is 1. The fourth-order valence-electron chi connectivity index (χ4n) is 1.62. The van der Waals surface area contributed by atoms with Gasteiger partial charge < -0.3 is 20.9 Å². The summed E-state index contributed by atoms with van der Waals surface area (Å²) >= 11 is 0. The number of carbonyl (C=O) groups is 1. The first-order chi connectivity index (χ1) is 8.56. The molecule has 0 fully saturated rings. The van der Waals surface area contributed by atoms with Crippen LogP contribution in [-0.2, 0) is 4.79 Å². The third kappa shape index (κ3) is 4.01. The van der Waals surface area contributed by atoms with Crippen LogP contribution in [0.1, 0.15) is 25.5 Å². The van der Waals surface area contributed by atoms with Crippen molar-refractivity contribution in [1.29, 1.82) is 0 Å². The van der Waals surface area contributed by atoms with E-state index in [-0.39, 0.29) is 12.6 Å². The number of ether oxygens (including phenoxy) is 1. The number of primary amides is 1. The van der Waals surface area contributed by atoms with Crippen molar-refractivity contribution in [3.8, 4) is 5.75 Å². The first-order valence-electron chi connectivity index (χ1n) is 5.98. The van der Waals surface area contributed by atoms with Crippen LogP contribution in [-0.4, -0.2) is 30.3 Å². The van der Waals surface area contributed by atoms with Crippen molar-refractivity contribution in [3.63, 3.8) is 0 Å². The molecule has 1 rings (SSSR count). The second-order valence-electron chi connectivity index (χ2n) is 4.02. The molecule has 5 heteroatoms. The van der Waals surface area contributed by atoms with Gasteiger partial charge >= 0.3 is 0 Å². The molecule has 5 nitrogen and oxygen atoms in total. The summed E-state index contributed by atoms with van der Waals surface area (Å²) in [6.45, 7) is 4.57. The Hall–Kier alpha value is -1.59. The maximum absolute atomic E-state index is 10.7. The summed E-state index contributed by atoms with van der Waals surface area (Å²) in [5.74, 6) is 0.0707. The number of aliphatic hydroxyl groups excluding tert-OH is 1. The van der Waals surface area contributed by atoms with Crippen LogP contribution in [0.5, 0.6) is 5.75 Å². The van der Waals surface area contributed by atoms with Gasteiger partial charge in [-0.1, -0.05) is 18.2 Å². The smallest absolute Gasteiger partial charge is 0.247 e. The summed E-state index contributed by atoms with van der Waals surface area (Å²) in [5, 5.41) is 12.4. The SMILES string of the molecule is CCOc1ccccc1C(C)NCC(O)C(N)=O. The molecule has 0 spiro atoms. The van der Waals surface area contributed by atoms with E-state index in [1.165, 1.54) is 0 Å². The molecule has 4 N–H and O–H groups in total. The quantitative estimate of drug-likeness (QED) is 0.663. The highest BCUT2D eigenvalue weighted by molar-refractivity contribution is 5.78. The van der Waals surface area contributed by atoms with Gasteiger partial charge in [-0.2, -0.15) is 0 Å². The predicted molar refractivity (Wildman–Crippen MR) is 69.2 cm³/mol. The average Bonchev–Trinajstić information content (AvgIpc) is 2.36. The van der Waals surface area contributed by atoms with Crippen LogP contribution in [0.25, 0.3) is 0 Å². The monoisotopic (exact) mass is 252 g/mol. The van der Waals surface area contributed by atoms with Crippen molar-refractivity contribution in [2.75, 3.05) is 13.2 Å². The van der Waals surface area contributed by atoms with Crippen molar-refractivity contribution < 1.29 is 14.6 Å². The largest absolute Gasteiger partial charge is 0.494 e. The van der Waals surface area contributed by atoms with Crippen molar-refractivity contribution in [3.05, 3.63) is 29.8 Å². The Morgan fingerprint density at radius 1 is 1.50 bits per heavy atom. The van der Waals surface area contributed by atoms with Crippen LogP contribution < -0.4 is 15.8 Å². The second kappa shape index (κ2) is 6.98. The molecular weight excluding hydrogens is 232 g/mol. The summed E-state index contributed by atoms with van der Waals surface area (Å²) < 4.78 is 5.52. The number of nitrogens with two attached hydrogens (primary N) is 1. The second-order valence-corrected chi connectivity index (χ2v) is 4.02. The van der Waals surface area contributed by atoms with Gasteiger partial charge in [0, 0.05) is 18.2 Å². The van der Waals surface area contributed by atoms with Crippen molar-refractivity contribution in [2.45, 2.75) is 26.0 Å². The van der Waals surface area contributed by atoms with Crippen molar-refractivity contribution in [2.24, 2.45) is 5.73 Å². The van der Waals surface area contributed by atoms with Gasteiger partial charge in [-0.3, -0.25) is 4.79 Å². The highest BCUT2D eigenvalue weighted by atomic mass is 16.5. The van der Waals surface area contributed by atoms with Crippen LogP contribution in [0.15, 0.2) is 24.3 Å². The fraction of sp³-hybridized carbons (Fsp3) is 0.462. The highest BCUT2D eigenvalue weighted by Crippen LogP contribution is 2.24. The first-order valence-corrected chi connectivity index (χ1v) is 5.98. The molecule has 1 aromatic carbocycles. The topological polar surface area (TPSA) is 84.6 Å². The Morgan fingerprint density at radius 3 is 2.78 bits per heavy atom. The molecule has 0 aromatic heterocycles. The van der Waals surface area contributed by atoms with Gasteiger partial charge in [-0.25, -0.2) is 0 Å². The molecule has 1 amide bonds. The van der Waals surface area contributed by atoms with E-state index in [4.69, 9.17) is 10.5 Å². The van der Waals surface area contributed by atoms with Gasteiger partial charge in [0.2, 0.25) is 5.91 Å². The third-order valence-electron chi connectivity index (χ3n) is 2.63. The lowest BCUT2D eigenvalue weighted by Crippen LogP contribution is -2.38. The van der Waals surface area contributed by atoms with Gasteiger partial charge in [0.15, 0.2) is 0 Å². The number of para-hydroxylation sites is 1. The minimum atomic E-state index is -1.17. The van der Waals surface area contributed by atoms with Crippen LogP contribution in [0.2, 0.25) is 0 Å². The van der Waals surface area contributed by atoms with Gasteiger partial charge in [0.25, 0.3) is 0 Å². The van der Waals surface area contributed by atoms with Crippen molar-refractivity contribution >= 4 is 5.91 Å². The Balaban J connectivity index is 2.66. The molecule has 100 valence electrons. The lowest BCUT2D eigenvalue weighted by atomic mass is 10.1. The van der Waals surface area contributed by atoms with E-state index in [1.807, 2.05) is 38.1 Å². The summed E-state index contributed by atoms with van der Waals surface area (Å²) in [4.78, 5) is 10.7. The van der Waals surface area contributed by atoms with E-state index in [1.54, 1.807) is 0 Å². The molecule has 0 bridgehead atoms. The van der Waals surface area contributed by atoms with Crippen LogP contribution in [0.3, 0.4) is 0 Å². The molecule has 0 aliphatic heterocycles. The Morgan fingerprint density at radius 2 is 2.17 bits per heavy atom. The molecule has 0 aliphatic rings. The van der Waals surface area contributed by atoms with E-state index in [2.05, 4.69) is 5.32 Å². The number of hydrogen-bond acceptors (Lipinski definition) is 4. The van der Waals surface area contributed by atoms with Gasteiger partial charge in [0.05, 0.1) is 6.61 Å². The van der Waals surface area contributed by atoms with Gasteiger partial charge in [-0.05, 0) is 19.9 Å². The minimum Gasteiger partial charge on any atom is -0.494 e. The molecule has 0 saturated heterocycles. The maximum atomic E-state index is 10.7. The maximum Gasteiger partial charge on any atom is 0.247 e. The molecule has 0 saturated carbocycles. The van der Waals surface area contributed by atoms with Gasteiger partial charge in [-0.15, -0.1) is 0 Å². The summed E-state index contributed by atoms with van der Waals surface area (Å²) in [6, 6.07) is 7.61. The van der Waals surface area contributed by atoms with Gasteiger partial charge in [0.1, 0.15) is 11.9 Å². The molecule has 0 radical (unpaired) electrons. The van der Waals surface area contributed by atoms with Crippen LogP contribution >= 0.6 is 0 Å². The molecular formula is C13H20N2O3. The number of benzene rings is 1. The van der Waals surface area contributed by atoms with E-state index < -0.39 is 12.0 Å². The van der Waals surface area contributed by atoms with E-state index in [9.17, 15) is 9.90 Å². The molecule has 0 aliphatic carbocycles. The number of aliphatic hydroxyl groups is 1. The number of rotatable bonds is 7. The summed E-state index contributed by atoms with van der Waals surface area (Å²) in [6.07, 6.45) is -1.17. The zero-order valence-electron chi connectivity index (χ0n) is 10.7. The zero-order chi connectivity index (χ0) is 13.5. The lowest BCUT2D eigenvalue weighted by molar-refractivity contribution is -0.125. The molecule has 0 heterocycles. The Kier molecular flexibility index (Phi) is 5.61. The molecule has 18 heavy (non-hydrogen) atoms.